The van der Waals surface area contributed by atoms with Gasteiger partial charge in [0.05, 0.1) is 12.7 Å². The maximum atomic E-state index is 13.5. The first-order valence-corrected chi connectivity index (χ1v) is 9.80. The standard InChI is InChI=1S/C21H21F3N2O3S/c1-26(2)10-13-15(27)9-12(8-11-6-4-5-7-14(11)21(22,23)24)16-17(20(28)29-3)19(25)30-18(13)16/h4-7,9,27H,8,10,25H2,1-3H3. The van der Waals surface area contributed by atoms with Crippen LogP contribution in [0.15, 0.2) is 30.3 Å². The fourth-order valence-corrected chi connectivity index (χ4v) is 4.61. The summed E-state index contributed by atoms with van der Waals surface area (Å²) >= 11 is 1.11. The van der Waals surface area contributed by atoms with Gasteiger partial charge in [0.1, 0.15) is 16.3 Å². The van der Waals surface area contributed by atoms with Gasteiger partial charge in [-0.1, -0.05) is 18.2 Å². The maximum Gasteiger partial charge on any atom is 0.416 e. The van der Waals surface area contributed by atoms with E-state index in [1.54, 1.807) is 0 Å². The van der Waals surface area contributed by atoms with Gasteiger partial charge in [0.2, 0.25) is 0 Å². The summed E-state index contributed by atoms with van der Waals surface area (Å²) in [5.41, 5.74) is 6.38. The second kappa shape index (κ2) is 8.16. The number of rotatable bonds is 5. The van der Waals surface area contributed by atoms with Crippen molar-refractivity contribution in [3.05, 3.63) is 58.1 Å². The molecular formula is C21H21F3N2O3S. The number of alkyl halides is 3. The Hall–Kier alpha value is -2.78. The number of fused-ring (bicyclic) bond motifs is 1. The molecule has 5 nitrogen and oxygen atoms in total. The highest BCUT2D eigenvalue weighted by Gasteiger charge is 2.33. The van der Waals surface area contributed by atoms with Gasteiger partial charge in [-0.3, -0.25) is 0 Å². The van der Waals surface area contributed by atoms with Crippen LogP contribution in [-0.2, 0) is 23.9 Å². The first-order valence-electron chi connectivity index (χ1n) is 8.98. The smallest absolute Gasteiger partial charge is 0.416 e. The van der Waals surface area contributed by atoms with Crippen molar-refractivity contribution >= 4 is 32.4 Å². The quantitative estimate of drug-likeness (QED) is 0.568. The van der Waals surface area contributed by atoms with Gasteiger partial charge in [0.25, 0.3) is 0 Å². The Morgan fingerprint density at radius 2 is 1.90 bits per heavy atom. The van der Waals surface area contributed by atoms with Crippen LogP contribution < -0.4 is 5.73 Å². The van der Waals surface area contributed by atoms with Gasteiger partial charge in [0, 0.05) is 22.2 Å². The van der Waals surface area contributed by atoms with Crippen LogP contribution in [0.25, 0.3) is 10.1 Å². The van der Waals surface area contributed by atoms with E-state index in [0.717, 1.165) is 17.4 Å². The largest absolute Gasteiger partial charge is 0.508 e. The predicted octanol–water partition coefficient (Wildman–Crippen LogP) is 4.65. The molecule has 0 unspecified atom stereocenters. The van der Waals surface area contributed by atoms with Crippen molar-refractivity contribution in [2.24, 2.45) is 0 Å². The van der Waals surface area contributed by atoms with E-state index in [0.29, 0.717) is 27.8 Å². The summed E-state index contributed by atoms with van der Waals surface area (Å²) in [6, 6.07) is 6.64. The number of anilines is 1. The fraction of sp³-hybridized carbons (Fsp3) is 0.286. The number of nitrogens with two attached hydrogens (primary N) is 1. The molecule has 9 heteroatoms. The molecule has 30 heavy (non-hydrogen) atoms. The minimum atomic E-state index is -4.53. The fourth-order valence-electron chi connectivity index (χ4n) is 3.48. The van der Waals surface area contributed by atoms with Gasteiger partial charge in [-0.25, -0.2) is 4.79 Å². The highest BCUT2D eigenvalue weighted by molar-refractivity contribution is 7.23. The highest BCUT2D eigenvalue weighted by atomic mass is 32.1. The van der Waals surface area contributed by atoms with E-state index in [9.17, 15) is 23.1 Å². The van der Waals surface area contributed by atoms with Crippen molar-refractivity contribution in [1.29, 1.82) is 0 Å². The number of hydrogen-bond acceptors (Lipinski definition) is 6. The zero-order valence-electron chi connectivity index (χ0n) is 16.6. The molecule has 0 aliphatic carbocycles. The molecule has 2 aromatic carbocycles. The summed E-state index contributed by atoms with van der Waals surface area (Å²) < 4.78 is 45.8. The van der Waals surface area contributed by atoms with E-state index in [4.69, 9.17) is 10.5 Å². The Bertz CT molecular complexity index is 1110. The number of nitrogens with zero attached hydrogens (tertiary/aromatic N) is 1. The molecule has 1 heterocycles. The van der Waals surface area contributed by atoms with Gasteiger partial charge < -0.3 is 20.5 Å². The third-order valence-electron chi connectivity index (χ3n) is 4.72. The molecule has 1 aromatic heterocycles. The van der Waals surface area contributed by atoms with Crippen molar-refractivity contribution < 1.29 is 27.8 Å². The molecule has 160 valence electrons. The molecular weight excluding hydrogens is 417 g/mol. The number of halogens is 3. The number of phenolic OH excluding ortho intramolecular Hbond substituents is 1. The van der Waals surface area contributed by atoms with Crippen LogP contribution in [0.2, 0.25) is 0 Å². The number of aromatic hydroxyl groups is 1. The second-order valence-corrected chi connectivity index (χ2v) is 8.19. The molecule has 0 saturated heterocycles. The number of methoxy groups -OCH3 is 1. The van der Waals surface area contributed by atoms with E-state index >= 15 is 0 Å². The summed E-state index contributed by atoms with van der Waals surface area (Å²) in [6.45, 7) is 0.363. The zero-order chi connectivity index (χ0) is 22.2. The topological polar surface area (TPSA) is 75.8 Å². The molecule has 0 aliphatic heterocycles. The first kappa shape index (κ1) is 21.9. The Kier molecular flexibility index (Phi) is 5.96. The van der Waals surface area contributed by atoms with Crippen LogP contribution in [0, 0.1) is 0 Å². The van der Waals surface area contributed by atoms with E-state index in [1.807, 2.05) is 19.0 Å². The highest BCUT2D eigenvalue weighted by Crippen LogP contribution is 2.43. The number of hydrogen-bond donors (Lipinski definition) is 2. The molecule has 0 amide bonds. The number of esters is 1. The Morgan fingerprint density at radius 1 is 1.23 bits per heavy atom. The van der Waals surface area contributed by atoms with Gasteiger partial charge in [-0.15, -0.1) is 11.3 Å². The van der Waals surface area contributed by atoms with Crippen molar-refractivity contribution in [1.82, 2.24) is 4.90 Å². The van der Waals surface area contributed by atoms with E-state index in [1.165, 1.54) is 31.4 Å². The Morgan fingerprint density at radius 3 is 2.50 bits per heavy atom. The predicted molar refractivity (Wildman–Crippen MR) is 111 cm³/mol. The lowest BCUT2D eigenvalue weighted by Gasteiger charge is -2.17. The van der Waals surface area contributed by atoms with E-state index in [-0.39, 0.29) is 28.3 Å². The molecule has 0 atom stereocenters. The van der Waals surface area contributed by atoms with E-state index in [2.05, 4.69) is 0 Å². The average molecular weight is 438 g/mol. The number of ether oxygens (including phenoxy) is 1. The lowest BCUT2D eigenvalue weighted by molar-refractivity contribution is -0.138. The lowest BCUT2D eigenvalue weighted by Crippen LogP contribution is -2.12. The summed E-state index contributed by atoms with van der Waals surface area (Å²) in [6.07, 6.45) is -4.66. The molecule has 0 aliphatic rings. The molecule has 0 radical (unpaired) electrons. The van der Waals surface area contributed by atoms with Crippen LogP contribution >= 0.6 is 11.3 Å². The maximum absolute atomic E-state index is 13.5. The summed E-state index contributed by atoms with van der Waals surface area (Å²) in [4.78, 5) is 14.2. The normalized spacial score (nSPS) is 12.0. The number of phenols is 1. The van der Waals surface area contributed by atoms with Crippen LogP contribution in [0.3, 0.4) is 0 Å². The second-order valence-electron chi connectivity index (χ2n) is 7.14. The molecule has 0 fully saturated rings. The van der Waals surface area contributed by atoms with Crippen molar-refractivity contribution in [2.45, 2.75) is 19.1 Å². The van der Waals surface area contributed by atoms with Crippen LogP contribution in [0.4, 0.5) is 18.2 Å². The van der Waals surface area contributed by atoms with Gasteiger partial charge in [-0.05, 0) is 43.8 Å². The number of thiophene rings is 1. The molecule has 3 rings (SSSR count). The SMILES string of the molecule is COC(=O)c1c(N)sc2c(CN(C)C)c(O)cc(Cc3ccccc3C(F)(F)F)c12. The van der Waals surface area contributed by atoms with Gasteiger partial charge >= 0.3 is 12.1 Å². The van der Waals surface area contributed by atoms with Gasteiger partial charge in [-0.2, -0.15) is 13.2 Å². The average Bonchev–Trinajstić information content (AvgIpc) is 3.01. The first-order chi connectivity index (χ1) is 14.0. The minimum absolute atomic E-state index is 0.0339. The molecule has 0 spiro atoms. The molecule has 0 bridgehead atoms. The van der Waals surface area contributed by atoms with Crippen LogP contribution in [-0.4, -0.2) is 37.2 Å². The number of benzene rings is 2. The lowest BCUT2D eigenvalue weighted by atomic mass is 9.94. The Balaban J connectivity index is 2.29. The van der Waals surface area contributed by atoms with Gasteiger partial charge in [0.15, 0.2) is 0 Å². The van der Waals surface area contributed by atoms with Crippen LogP contribution in [0.1, 0.15) is 32.6 Å². The summed E-state index contributed by atoms with van der Waals surface area (Å²) in [5.74, 6) is -0.737. The van der Waals surface area contributed by atoms with Crippen molar-refractivity contribution in [2.75, 3.05) is 26.9 Å². The summed E-state index contributed by atoms with van der Waals surface area (Å²) in [7, 11) is 4.85. The van der Waals surface area contributed by atoms with Crippen molar-refractivity contribution in [3.63, 3.8) is 0 Å². The number of carbonyl (C=O) groups is 1. The van der Waals surface area contributed by atoms with E-state index < -0.39 is 17.7 Å². The monoisotopic (exact) mass is 438 g/mol. The van der Waals surface area contributed by atoms with Crippen molar-refractivity contribution in [3.8, 4) is 5.75 Å². The number of nitrogen functional groups attached to an aromatic ring is 1. The Labute approximate surface area is 175 Å². The molecule has 3 aromatic rings. The van der Waals surface area contributed by atoms with Crippen LogP contribution in [0.5, 0.6) is 5.75 Å². The molecule has 3 N–H and O–H groups in total. The minimum Gasteiger partial charge on any atom is -0.508 e. The number of carbonyl (C=O) groups excluding carboxylic acids is 1. The third-order valence-corrected chi connectivity index (χ3v) is 5.80. The molecule has 0 saturated carbocycles. The third kappa shape index (κ3) is 4.08. The summed E-state index contributed by atoms with van der Waals surface area (Å²) in [5, 5.41) is 11.2. The zero-order valence-corrected chi connectivity index (χ0v) is 17.4.